The number of ether oxygens (including phenoxy) is 2. The van der Waals surface area contributed by atoms with Crippen molar-refractivity contribution in [3.05, 3.63) is 28.8 Å². The van der Waals surface area contributed by atoms with Crippen molar-refractivity contribution in [1.82, 2.24) is 0 Å². The Hall–Kier alpha value is -1.39. The summed E-state index contributed by atoms with van der Waals surface area (Å²) in [6.07, 6.45) is 0.369. The molecule has 88 valence electrons. The molecule has 1 saturated heterocycles. The molecule has 0 aromatic heterocycles. The Morgan fingerprint density at radius 1 is 1.29 bits per heavy atom. The molecule has 3 aliphatic rings. The number of aliphatic hydroxyl groups is 1. The zero-order valence-corrected chi connectivity index (χ0v) is 9.13. The molecule has 0 unspecified atom stereocenters. The van der Waals surface area contributed by atoms with Crippen LogP contribution in [-0.2, 0) is 16.0 Å². The highest BCUT2D eigenvalue weighted by molar-refractivity contribution is 5.62. The van der Waals surface area contributed by atoms with Gasteiger partial charge in [-0.15, -0.1) is 0 Å². The minimum atomic E-state index is -0.718. The minimum absolute atomic E-state index is 0.270. The van der Waals surface area contributed by atoms with Gasteiger partial charge in [0.25, 0.3) is 0 Å². The summed E-state index contributed by atoms with van der Waals surface area (Å²) < 4.78 is 11.2. The lowest BCUT2D eigenvalue weighted by molar-refractivity contribution is -0.114. The first kappa shape index (κ1) is 9.62. The van der Waals surface area contributed by atoms with E-state index < -0.39 is 12.0 Å². The van der Waals surface area contributed by atoms with E-state index in [4.69, 9.17) is 9.47 Å². The first-order valence-corrected chi connectivity index (χ1v) is 5.88. The van der Waals surface area contributed by atoms with Gasteiger partial charge in [0, 0.05) is 6.42 Å². The Bertz CT molecular complexity index is 510. The molecule has 2 bridgehead atoms. The molecule has 1 N–H and O–H groups in total. The number of rotatable bonds is 1. The topological polar surface area (TPSA) is 55.8 Å². The lowest BCUT2D eigenvalue weighted by Crippen LogP contribution is -2.27. The third-order valence-corrected chi connectivity index (χ3v) is 4.01. The van der Waals surface area contributed by atoms with Crippen molar-refractivity contribution in [1.29, 1.82) is 0 Å². The Labute approximate surface area is 98.2 Å². The van der Waals surface area contributed by atoms with Crippen LogP contribution in [0, 0.1) is 5.92 Å². The number of hydrogen-bond donors (Lipinski definition) is 1. The number of hydrogen-bond acceptors (Lipinski definition) is 4. The zero-order chi connectivity index (χ0) is 11.6. The quantitative estimate of drug-likeness (QED) is 0.732. The van der Waals surface area contributed by atoms with Crippen LogP contribution in [0.3, 0.4) is 0 Å². The van der Waals surface area contributed by atoms with Crippen LogP contribution in [-0.4, -0.2) is 24.1 Å². The summed E-state index contributed by atoms with van der Waals surface area (Å²) in [5, 5.41) is 9.98. The maximum Gasteiger partial charge on any atom is 0.128 e. The van der Waals surface area contributed by atoms with E-state index in [1.54, 1.807) is 0 Å². The molecule has 3 heterocycles. The fourth-order valence-electron chi connectivity index (χ4n) is 3.15. The smallest absolute Gasteiger partial charge is 0.128 e. The molecule has 1 fully saturated rings. The summed E-state index contributed by atoms with van der Waals surface area (Å²) in [7, 11) is 0. The highest BCUT2D eigenvalue weighted by atomic mass is 16.5. The Morgan fingerprint density at radius 3 is 2.94 bits per heavy atom. The van der Waals surface area contributed by atoms with Gasteiger partial charge in [-0.2, -0.15) is 0 Å². The van der Waals surface area contributed by atoms with Crippen molar-refractivity contribution in [2.75, 3.05) is 6.61 Å². The second-order valence-electron chi connectivity index (χ2n) is 4.87. The summed E-state index contributed by atoms with van der Waals surface area (Å²) in [5.41, 5.74) is 3.22. The van der Waals surface area contributed by atoms with Crippen molar-refractivity contribution in [2.24, 2.45) is 5.92 Å². The molecular formula is C13H12O4. The second-order valence-corrected chi connectivity index (χ2v) is 4.87. The Morgan fingerprint density at radius 2 is 2.12 bits per heavy atom. The van der Waals surface area contributed by atoms with Crippen molar-refractivity contribution < 1.29 is 19.4 Å². The van der Waals surface area contributed by atoms with Crippen LogP contribution in [0.1, 0.15) is 28.9 Å². The van der Waals surface area contributed by atoms with Gasteiger partial charge < -0.3 is 19.4 Å². The molecule has 1 aromatic rings. The minimum Gasteiger partial charge on any atom is -0.493 e. The molecule has 17 heavy (non-hydrogen) atoms. The molecule has 4 atom stereocenters. The highest BCUT2D eigenvalue weighted by Gasteiger charge is 2.52. The standard InChI is InChI=1S/C13H12O4/c14-5-9-11(15)13-8-4-10-6(1-2-16-10)3-7(8)12(9)17-13/h3-5,9,11-13,15H,1-2H2/t9-,11+,12-,13+/m1/s1. The van der Waals surface area contributed by atoms with E-state index in [1.807, 2.05) is 6.07 Å². The molecule has 4 rings (SSSR count). The number of aldehydes is 1. The van der Waals surface area contributed by atoms with Gasteiger partial charge in [0.15, 0.2) is 0 Å². The number of carbonyl (C=O) groups is 1. The fraction of sp³-hybridized carbons (Fsp3) is 0.462. The predicted molar refractivity (Wildman–Crippen MR) is 57.8 cm³/mol. The molecule has 4 nitrogen and oxygen atoms in total. The van der Waals surface area contributed by atoms with E-state index in [2.05, 4.69) is 6.07 Å². The van der Waals surface area contributed by atoms with Gasteiger partial charge in [0.2, 0.25) is 0 Å². The molecule has 0 spiro atoms. The van der Waals surface area contributed by atoms with Gasteiger partial charge in [-0.1, -0.05) is 0 Å². The molecule has 4 heteroatoms. The highest BCUT2D eigenvalue weighted by Crippen LogP contribution is 2.54. The first-order chi connectivity index (χ1) is 8.29. The lowest BCUT2D eigenvalue weighted by Gasteiger charge is -2.22. The van der Waals surface area contributed by atoms with E-state index in [0.29, 0.717) is 6.61 Å². The average molecular weight is 232 g/mol. The molecule has 0 saturated carbocycles. The maximum atomic E-state index is 11.0. The summed E-state index contributed by atoms with van der Waals surface area (Å²) in [5.74, 6) is 0.475. The normalized spacial score (nSPS) is 36.5. The van der Waals surface area contributed by atoms with Gasteiger partial charge in [-0.05, 0) is 28.8 Å². The van der Waals surface area contributed by atoms with Crippen molar-refractivity contribution in [3.8, 4) is 5.75 Å². The van der Waals surface area contributed by atoms with Crippen LogP contribution >= 0.6 is 0 Å². The van der Waals surface area contributed by atoms with Crippen molar-refractivity contribution in [2.45, 2.75) is 24.7 Å². The molecule has 1 aromatic carbocycles. The summed E-state index contributed by atoms with van der Waals surface area (Å²) in [4.78, 5) is 11.0. The second kappa shape index (κ2) is 3.09. The Kier molecular flexibility index (Phi) is 1.75. The molecule has 0 amide bonds. The lowest BCUT2D eigenvalue weighted by atomic mass is 9.81. The largest absolute Gasteiger partial charge is 0.493 e. The third kappa shape index (κ3) is 1.07. The van der Waals surface area contributed by atoms with Crippen molar-refractivity contribution in [3.63, 3.8) is 0 Å². The SMILES string of the molecule is O=C[C@@H]1[C@H](O)[C@H]2O[C@@H]1c1cc3c(cc12)OCC3. The van der Waals surface area contributed by atoms with Crippen LogP contribution in [0.4, 0.5) is 0 Å². The average Bonchev–Trinajstić information content (AvgIpc) is 2.98. The molecule has 0 radical (unpaired) electrons. The van der Waals surface area contributed by atoms with E-state index in [9.17, 15) is 9.90 Å². The maximum absolute atomic E-state index is 11.0. The van der Waals surface area contributed by atoms with Crippen LogP contribution in [0.15, 0.2) is 12.1 Å². The molecular weight excluding hydrogens is 220 g/mol. The van der Waals surface area contributed by atoms with Gasteiger partial charge >= 0.3 is 0 Å². The first-order valence-electron chi connectivity index (χ1n) is 5.88. The number of carbonyl (C=O) groups excluding carboxylic acids is 1. The number of aliphatic hydroxyl groups excluding tert-OH is 1. The van der Waals surface area contributed by atoms with Crippen LogP contribution < -0.4 is 4.74 Å². The monoisotopic (exact) mass is 232 g/mol. The van der Waals surface area contributed by atoms with Gasteiger partial charge in [-0.25, -0.2) is 0 Å². The zero-order valence-electron chi connectivity index (χ0n) is 9.13. The number of benzene rings is 1. The van der Waals surface area contributed by atoms with Crippen molar-refractivity contribution >= 4 is 6.29 Å². The molecule has 0 aliphatic carbocycles. The summed E-state index contributed by atoms with van der Waals surface area (Å²) in [6.45, 7) is 0.716. The summed E-state index contributed by atoms with van der Waals surface area (Å²) in [6, 6.07) is 4.04. The fourth-order valence-corrected chi connectivity index (χ4v) is 3.15. The van der Waals surface area contributed by atoms with Crippen LogP contribution in [0.5, 0.6) is 5.75 Å². The third-order valence-electron chi connectivity index (χ3n) is 4.01. The van der Waals surface area contributed by atoms with E-state index in [0.717, 1.165) is 29.6 Å². The van der Waals surface area contributed by atoms with Gasteiger partial charge in [0.1, 0.15) is 18.1 Å². The Balaban J connectivity index is 1.88. The summed E-state index contributed by atoms with van der Waals surface area (Å²) >= 11 is 0. The van der Waals surface area contributed by atoms with Crippen LogP contribution in [0.25, 0.3) is 0 Å². The van der Waals surface area contributed by atoms with E-state index in [-0.39, 0.29) is 12.2 Å². The van der Waals surface area contributed by atoms with Gasteiger partial charge in [-0.3, -0.25) is 0 Å². The van der Waals surface area contributed by atoms with Gasteiger partial charge in [0.05, 0.1) is 24.7 Å². The predicted octanol–water partition coefficient (Wildman–Crippen LogP) is 0.923. The van der Waals surface area contributed by atoms with E-state index >= 15 is 0 Å². The van der Waals surface area contributed by atoms with E-state index in [1.165, 1.54) is 5.56 Å². The number of fused-ring (bicyclic) bond motifs is 6. The molecule has 3 aliphatic heterocycles. The van der Waals surface area contributed by atoms with Crippen LogP contribution in [0.2, 0.25) is 0 Å².